The number of nitrogens with zero attached hydrogens (tertiary/aromatic N) is 1. The number of Topliss-reactive ketones (excluding diaryl/α,β-unsaturated/α-hetero) is 1. The van der Waals surface area contributed by atoms with Crippen LogP contribution in [-0.4, -0.2) is 35.6 Å². The molecule has 0 saturated heterocycles. The molecule has 1 aliphatic heterocycles. The third kappa shape index (κ3) is 4.28. The minimum atomic E-state index is -0.924. The fourth-order valence-corrected chi connectivity index (χ4v) is 3.89. The first-order chi connectivity index (χ1) is 15.2. The summed E-state index contributed by atoms with van der Waals surface area (Å²) in [6, 6.07) is 9.04. The second kappa shape index (κ2) is 9.34. The highest BCUT2D eigenvalue weighted by Crippen LogP contribution is 2.46. The molecule has 7 nitrogen and oxygen atoms in total. The molecule has 0 saturated carbocycles. The van der Waals surface area contributed by atoms with Gasteiger partial charge >= 0.3 is 0 Å². The molecular formula is C25H29NO6. The summed E-state index contributed by atoms with van der Waals surface area (Å²) in [6.07, 6.45) is 0.172. The van der Waals surface area contributed by atoms with Crippen LogP contribution in [-0.2, 0) is 9.59 Å². The summed E-state index contributed by atoms with van der Waals surface area (Å²) in [7, 11) is 1.52. The Morgan fingerprint density at radius 2 is 1.84 bits per heavy atom. The number of carbonyl (C=O) groups is 2. The number of hydrogen-bond acceptors (Lipinski definition) is 6. The van der Waals surface area contributed by atoms with Gasteiger partial charge in [-0.3, -0.25) is 14.5 Å². The summed E-state index contributed by atoms with van der Waals surface area (Å²) in [4.78, 5) is 27.6. The number of rotatable bonds is 8. The number of aliphatic hydroxyl groups excluding tert-OH is 1. The lowest BCUT2D eigenvalue weighted by molar-refractivity contribution is -0.118. The van der Waals surface area contributed by atoms with E-state index in [1.54, 1.807) is 30.3 Å². The van der Waals surface area contributed by atoms with Gasteiger partial charge in [0.2, 0.25) is 0 Å². The minimum absolute atomic E-state index is 0.0113. The Bertz CT molecular complexity index is 1070. The molecular weight excluding hydrogens is 410 g/mol. The maximum absolute atomic E-state index is 13.2. The molecule has 2 N–H and O–H groups in total. The van der Waals surface area contributed by atoms with Gasteiger partial charge in [-0.2, -0.15) is 0 Å². The van der Waals surface area contributed by atoms with E-state index in [4.69, 9.17) is 9.47 Å². The molecule has 0 aromatic heterocycles. The average molecular weight is 440 g/mol. The van der Waals surface area contributed by atoms with Crippen molar-refractivity contribution in [3.05, 3.63) is 58.9 Å². The van der Waals surface area contributed by atoms with Crippen molar-refractivity contribution in [3.8, 4) is 17.2 Å². The first-order valence-electron chi connectivity index (χ1n) is 10.6. The van der Waals surface area contributed by atoms with Crippen LogP contribution < -0.4 is 14.4 Å². The molecule has 1 atom stereocenters. The van der Waals surface area contributed by atoms with Gasteiger partial charge in [-0.25, -0.2) is 0 Å². The van der Waals surface area contributed by atoms with E-state index in [-0.39, 0.29) is 35.1 Å². The third-order valence-corrected chi connectivity index (χ3v) is 5.30. The third-order valence-electron chi connectivity index (χ3n) is 5.30. The molecule has 1 unspecified atom stereocenters. The number of ether oxygens (including phenoxy) is 2. The molecule has 7 heteroatoms. The highest BCUT2D eigenvalue weighted by Gasteiger charge is 2.45. The first kappa shape index (κ1) is 23.2. The van der Waals surface area contributed by atoms with Gasteiger partial charge in [0.1, 0.15) is 5.75 Å². The molecule has 1 amide bonds. The second-order valence-electron chi connectivity index (χ2n) is 8.20. The molecule has 32 heavy (non-hydrogen) atoms. The number of phenolic OH excluding ortho intramolecular Hbond substituents is 1. The number of aromatic hydroxyl groups is 1. The van der Waals surface area contributed by atoms with Crippen LogP contribution in [0.15, 0.2) is 47.7 Å². The van der Waals surface area contributed by atoms with Crippen LogP contribution in [0.5, 0.6) is 17.2 Å². The van der Waals surface area contributed by atoms with Crippen LogP contribution in [0.25, 0.3) is 0 Å². The summed E-state index contributed by atoms with van der Waals surface area (Å²) in [5.41, 5.74) is 1.60. The van der Waals surface area contributed by atoms with Crippen molar-refractivity contribution in [2.75, 3.05) is 18.6 Å². The van der Waals surface area contributed by atoms with Crippen LogP contribution in [0.3, 0.4) is 0 Å². The zero-order valence-electron chi connectivity index (χ0n) is 19.0. The maximum Gasteiger partial charge on any atom is 0.294 e. The number of hydrogen-bond donors (Lipinski definition) is 2. The zero-order chi connectivity index (χ0) is 23.6. The monoisotopic (exact) mass is 439 g/mol. The molecule has 1 aliphatic rings. The highest BCUT2D eigenvalue weighted by molar-refractivity contribution is 6.17. The topological polar surface area (TPSA) is 96.3 Å². The Morgan fingerprint density at radius 1 is 1.12 bits per heavy atom. The molecule has 2 aromatic rings. The molecule has 0 bridgehead atoms. The van der Waals surface area contributed by atoms with E-state index < -0.39 is 17.7 Å². The van der Waals surface area contributed by atoms with E-state index in [1.165, 1.54) is 18.1 Å². The molecule has 2 aromatic carbocycles. The number of anilines is 1. The molecule has 170 valence electrons. The summed E-state index contributed by atoms with van der Waals surface area (Å²) in [6.45, 7) is 7.85. The van der Waals surface area contributed by atoms with Gasteiger partial charge < -0.3 is 19.7 Å². The van der Waals surface area contributed by atoms with Crippen molar-refractivity contribution in [3.63, 3.8) is 0 Å². The lowest BCUT2D eigenvalue weighted by atomic mass is 9.91. The normalized spacial score (nSPS) is 16.1. The van der Waals surface area contributed by atoms with E-state index in [0.29, 0.717) is 23.7 Å². The van der Waals surface area contributed by atoms with E-state index >= 15 is 0 Å². The van der Waals surface area contributed by atoms with Crippen molar-refractivity contribution >= 4 is 17.4 Å². The minimum Gasteiger partial charge on any atom is -0.506 e. The van der Waals surface area contributed by atoms with E-state index in [1.807, 2.05) is 27.7 Å². The quantitative estimate of drug-likeness (QED) is 0.623. The number of carbonyl (C=O) groups excluding carboxylic acids is 2. The predicted octanol–water partition coefficient (Wildman–Crippen LogP) is 4.62. The zero-order valence-corrected chi connectivity index (χ0v) is 19.0. The van der Waals surface area contributed by atoms with Gasteiger partial charge in [-0.05, 0) is 55.2 Å². The van der Waals surface area contributed by atoms with Gasteiger partial charge in [0, 0.05) is 6.42 Å². The fourth-order valence-electron chi connectivity index (χ4n) is 3.89. The first-order valence-corrected chi connectivity index (χ1v) is 10.6. The van der Waals surface area contributed by atoms with Crippen molar-refractivity contribution in [1.82, 2.24) is 0 Å². The molecule has 0 radical (unpaired) electrons. The van der Waals surface area contributed by atoms with Crippen LogP contribution in [0.2, 0.25) is 0 Å². The van der Waals surface area contributed by atoms with E-state index in [2.05, 4.69) is 0 Å². The summed E-state index contributed by atoms with van der Waals surface area (Å²) >= 11 is 0. The Kier molecular flexibility index (Phi) is 6.77. The van der Waals surface area contributed by atoms with Crippen LogP contribution in [0.1, 0.15) is 44.4 Å². The van der Waals surface area contributed by atoms with Crippen molar-refractivity contribution in [2.24, 2.45) is 5.92 Å². The van der Waals surface area contributed by atoms with E-state index in [0.717, 1.165) is 5.56 Å². The average Bonchev–Trinajstić information content (AvgIpc) is 3.00. The maximum atomic E-state index is 13.2. The van der Waals surface area contributed by atoms with Crippen LogP contribution in [0.4, 0.5) is 5.69 Å². The molecule has 0 aliphatic carbocycles. The van der Waals surface area contributed by atoms with Crippen molar-refractivity contribution in [1.29, 1.82) is 0 Å². The molecule has 0 spiro atoms. The second-order valence-corrected chi connectivity index (χ2v) is 8.20. The van der Waals surface area contributed by atoms with Crippen LogP contribution in [0, 0.1) is 12.8 Å². The van der Waals surface area contributed by atoms with Gasteiger partial charge in [0.05, 0.1) is 31.0 Å². The van der Waals surface area contributed by atoms with Gasteiger partial charge in [0.25, 0.3) is 5.91 Å². The Morgan fingerprint density at radius 3 is 2.47 bits per heavy atom. The largest absolute Gasteiger partial charge is 0.506 e. The Labute approximate surface area is 187 Å². The number of ketones is 1. The number of methoxy groups -OCH3 is 1. The summed E-state index contributed by atoms with van der Waals surface area (Å²) < 4.78 is 11.0. The highest BCUT2D eigenvalue weighted by atomic mass is 16.5. The predicted molar refractivity (Wildman–Crippen MR) is 121 cm³/mol. The SMILES string of the molecule is CCOc1cc(C2C(C(=O)CC(C)C)=C(O)C(=O)N2c2cc(C)ccc2O)ccc1OC. The number of phenols is 1. The Hall–Kier alpha value is -3.48. The van der Waals surface area contributed by atoms with Crippen LogP contribution >= 0.6 is 0 Å². The standard InChI is InChI=1S/C25H29NO6/c1-6-32-21-13-16(8-10-20(21)31-5)23-22(19(28)11-14(2)3)24(29)25(30)26(23)17-12-15(4)7-9-18(17)27/h7-10,12-14,23,27,29H,6,11H2,1-5H3. The summed E-state index contributed by atoms with van der Waals surface area (Å²) in [5, 5.41) is 21.3. The number of amides is 1. The van der Waals surface area contributed by atoms with Crippen molar-refractivity contribution < 1.29 is 29.3 Å². The fraction of sp³-hybridized carbons (Fsp3) is 0.360. The number of benzene rings is 2. The van der Waals surface area contributed by atoms with Gasteiger partial charge in [0.15, 0.2) is 23.0 Å². The van der Waals surface area contributed by atoms with E-state index in [9.17, 15) is 19.8 Å². The number of aliphatic hydroxyl groups is 1. The lowest BCUT2D eigenvalue weighted by Crippen LogP contribution is -2.31. The van der Waals surface area contributed by atoms with Gasteiger partial charge in [-0.15, -0.1) is 0 Å². The van der Waals surface area contributed by atoms with Crippen molar-refractivity contribution in [2.45, 2.75) is 40.2 Å². The molecule has 0 fully saturated rings. The molecule has 3 rings (SSSR count). The Balaban J connectivity index is 2.23. The molecule has 1 heterocycles. The number of aryl methyl sites for hydroxylation is 1. The smallest absolute Gasteiger partial charge is 0.294 e. The van der Waals surface area contributed by atoms with Gasteiger partial charge in [-0.1, -0.05) is 26.0 Å². The lowest BCUT2D eigenvalue weighted by Gasteiger charge is -2.28. The summed E-state index contributed by atoms with van der Waals surface area (Å²) in [5.74, 6) is -0.789.